The third-order valence-corrected chi connectivity index (χ3v) is 2.81. The van der Waals surface area contributed by atoms with Gasteiger partial charge in [-0.05, 0) is 20.2 Å². The van der Waals surface area contributed by atoms with E-state index in [0.29, 0.717) is 6.54 Å². The van der Waals surface area contributed by atoms with E-state index in [1.807, 2.05) is 31.3 Å². The lowest BCUT2D eigenvalue weighted by Gasteiger charge is -2.25. The van der Waals surface area contributed by atoms with E-state index >= 15 is 0 Å². The van der Waals surface area contributed by atoms with Crippen LogP contribution in [0.15, 0.2) is 24.3 Å². The zero-order chi connectivity index (χ0) is 13.5. The van der Waals surface area contributed by atoms with Crippen LogP contribution >= 0.6 is 0 Å². The molecule has 0 saturated carbocycles. The molecule has 5 heteroatoms. The van der Waals surface area contributed by atoms with Crippen LogP contribution in [0.1, 0.15) is 11.6 Å². The Bertz CT molecular complexity index is 361. The molecule has 0 aliphatic rings. The van der Waals surface area contributed by atoms with E-state index in [1.165, 1.54) is 0 Å². The van der Waals surface area contributed by atoms with Crippen LogP contribution < -0.4 is 10.1 Å². The van der Waals surface area contributed by atoms with E-state index in [2.05, 4.69) is 5.32 Å². The van der Waals surface area contributed by atoms with Crippen molar-refractivity contribution < 1.29 is 13.5 Å². The fourth-order valence-electron chi connectivity index (χ4n) is 1.92. The Balaban J connectivity index is 2.76. The van der Waals surface area contributed by atoms with Crippen molar-refractivity contribution in [2.45, 2.75) is 12.5 Å². The predicted octanol–water partition coefficient (Wildman–Crippen LogP) is 2.15. The average molecular weight is 258 g/mol. The molecule has 1 aromatic carbocycles. The Morgan fingerprint density at radius 2 is 1.94 bits per heavy atom. The largest absolute Gasteiger partial charge is 0.496 e. The number of nitrogens with one attached hydrogen (secondary N) is 1. The first-order chi connectivity index (χ1) is 8.58. The minimum atomic E-state index is -2.31. The summed E-state index contributed by atoms with van der Waals surface area (Å²) in [6.45, 7) is 0.272. The molecular formula is C13H20F2N2O. The highest BCUT2D eigenvalue weighted by Crippen LogP contribution is 2.25. The molecule has 0 aliphatic carbocycles. The number of hydrogen-bond acceptors (Lipinski definition) is 3. The van der Waals surface area contributed by atoms with Crippen LogP contribution in [0.25, 0.3) is 0 Å². The van der Waals surface area contributed by atoms with Gasteiger partial charge in [0.2, 0.25) is 0 Å². The Hall–Kier alpha value is -1.20. The zero-order valence-electron chi connectivity index (χ0n) is 11.0. The number of benzene rings is 1. The van der Waals surface area contributed by atoms with E-state index in [9.17, 15) is 8.78 Å². The molecule has 0 aromatic heterocycles. The Labute approximate surface area is 107 Å². The fraction of sp³-hybridized carbons (Fsp3) is 0.538. The molecule has 1 rings (SSSR count). The summed E-state index contributed by atoms with van der Waals surface area (Å²) in [5.41, 5.74) is 0.976. The molecule has 0 fully saturated rings. The molecule has 0 spiro atoms. The molecule has 0 saturated heterocycles. The maximum Gasteiger partial charge on any atom is 0.251 e. The molecule has 3 nitrogen and oxygen atoms in total. The second-order valence-electron chi connectivity index (χ2n) is 4.20. The highest BCUT2D eigenvalue weighted by atomic mass is 19.3. The zero-order valence-corrected chi connectivity index (χ0v) is 11.0. The first-order valence-electron chi connectivity index (χ1n) is 5.85. The molecule has 102 valence electrons. The summed E-state index contributed by atoms with van der Waals surface area (Å²) in [4.78, 5) is 1.61. The van der Waals surface area contributed by atoms with Crippen molar-refractivity contribution in [1.29, 1.82) is 0 Å². The van der Waals surface area contributed by atoms with E-state index in [0.717, 1.165) is 11.3 Å². The molecule has 0 radical (unpaired) electrons. The molecule has 0 heterocycles. The van der Waals surface area contributed by atoms with Crippen LogP contribution in [-0.2, 0) is 0 Å². The van der Waals surface area contributed by atoms with Gasteiger partial charge in [0, 0.05) is 18.2 Å². The van der Waals surface area contributed by atoms with E-state index in [-0.39, 0.29) is 12.6 Å². The van der Waals surface area contributed by atoms with Crippen molar-refractivity contribution in [1.82, 2.24) is 10.2 Å². The summed E-state index contributed by atoms with van der Waals surface area (Å²) in [5.74, 6) is 0.766. The number of rotatable bonds is 7. The number of nitrogens with zero attached hydrogens (tertiary/aromatic N) is 1. The van der Waals surface area contributed by atoms with Crippen molar-refractivity contribution in [2.75, 3.05) is 34.3 Å². The quantitative estimate of drug-likeness (QED) is 0.811. The second-order valence-corrected chi connectivity index (χ2v) is 4.20. The van der Waals surface area contributed by atoms with Crippen molar-refractivity contribution in [3.05, 3.63) is 29.8 Å². The number of halogens is 2. The fourth-order valence-corrected chi connectivity index (χ4v) is 1.92. The van der Waals surface area contributed by atoms with Crippen LogP contribution in [0.4, 0.5) is 8.78 Å². The number of ether oxygens (including phenoxy) is 1. The third-order valence-electron chi connectivity index (χ3n) is 2.81. The smallest absolute Gasteiger partial charge is 0.251 e. The average Bonchev–Trinajstić information content (AvgIpc) is 2.35. The minimum absolute atomic E-state index is 0.0371. The molecule has 18 heavy (non-hydrogen) atoms. The summed E-state index contributed by atoms with van der Waals surface area (Å²) in [5, 5.41) is 3.13. The van der Waals surface area contributed by atoms with Gasteiger partial charge in [0.05, 0.1) is 13.7 Å². The molecule has 1 unspecified atom stereocenters. The molecule has 0 aliphatic heterocycles. The lowest BCUT2D eigenvalue weighted by Crippen LogP contribution is -2.34. The topological polar surface area (TPSA) is 24.5 Å². The molecule has 1 N–H and O–H groups in total. The summed E-state index contributed by atoms with van der Waals surface area (Å²) in [7, 11) is 5.10. The Kier molecular flexibility index (Phi) is 6.01. The van der Waals surface area contributed by atoms with E-state index in [1.54, 1.807) is 19.1 Å². The van der Waals surface area contributed by atoms with Crippen molar-refractivity contribution in [3.8, 4) is 5.75 Å². The number of para-hydroxylation sites is 1. The lowest BCUT2D eigenvalue weighted by molar-refractivity contribution is 0.0961. The molecular weight excluding hydrogens is 238 g/mol. The van der Waals surface area contributed by atoms with Crippen LogP contribution in [-0.4, -0.2) is 45.6 Å². The van der Waals surface area contributed by atoms with Gasteiger partial charge in [-0.25, -0.2) is 8.78 Å². The number of alkyl halides is 2. The van der Waals surface area contributed by atoms with Gasteiger partial charge in [-0.1, -0.05) is 18.2 Å². The van der Waals surface area contributed by atoms with Gasteiger partial charge in [0.15, 0.2) is 0 Å². The predicted molar refractivity (Wildman–Crippen MR) is 68.3 cm³/mol. The maximum atomic E-state index is 12.3. The van der Waals surface area contributed by atoms with Gasteiger partial charge in [0.25, 0.3) is 6.43 Å². The summed E-state index contributed by atoms with van der Waals surface area (Å²) in [6.07, 6.45) is -2.31. The molecule has 1 atom stereocenters. The highest BCUT2D eigenvalue weighted by molar-refractivity contribution is 5.36. The maximum absolute atomic E-state index is 12.3. The molecule has 1 aromatic rings. The highest BCUT2D eigenvalue weighted by Gasteiger charge is 2.17. The van der Waals surface area contributed by atoms with Gasteiger partial charge in [-0.3, -0.25) is 4.90 Å². The molecule has 0 amide bonds. The number of hydrogen-bond donors (Lipinski definition) is 1. The first-order valence-corrected chi connectivity index (χ1v) is 5.85. The van der Waals surface area contributed by atoms with Crippen molar-refractivity contribution in [2.24, 2.45) is 0 Å². The summed E-state index contributed by atoms with van der Waals surface area (Å²) in [6, 6.07) is 7.57. The second kappa shape index (κ2) is 7.28. The normalized spacial score (nSPS) is 13.1. The van der Waals surface area contributed by atoms with Crippen LogP contribution in [0, 0.1) is 0 Å². The van der Waals surface area contributed by atoms with Crippen molar-refractivity contribution >= 4 is 0 Å². The summed E-state index contributed by atoms with van der Waals surface area (Å²) < 4.78 is 29.9. The van der Waals surface area contributed by atoms with Crippen LogP contribution in [0.5, 0.6) is 5.75 Å². The van der Waals surface area contributed by atoms with Gasteiger partial charge in [0.1, 0.15) is 5.75 Å². The van der Waals surface area contributed by atoms with Crippen LogP contribution in [0.3, 0.4) is 0 Å². The minimum Gasteiger partial charge on any atom is -0.496 e. The third kappa shape index (κ3) is 4.23. The number of methoxy groups -OCH3 is 1. The van der Waals surface area contributed by atoms with Gasteiger partial charge in [-0.2, -0.15) is 0 Å². The Morgan fingerprint density at radius 3 is 2.50 bits per heavy atom. The van der Waals surface area contributed by atoms with Gasteiger partial charge in [-0.15, -0.1) is 0 Å². The van der Waals surface area contributed by atoms with Gasteiger partial charge < -0.3 is 10.1 Å². The van der Waals surface area contributed by atoms with Gasteiger partial charge >= 0.3 is 0 Å². The first kappa shape index (κ1) is 14.9. The SMILES string of the molecule is CNC(CN(C)CC(F)F)c1ccccc1OC. The van der Waals surface area contributed by atoms with E-state index < -0.39 is 6.43 Å². The lowest BCUT2D eigenvalue weighted by atomic mass is 10.1. The number of likely N-dealkylation sites (N-methyl/N-ethyl adjacent to an activating group) is 2. The Morgan fingerprint density at radius 1 is 1.28 bits per heavy atom. The van der Waals surface area contributed by atoms with E-state index in [4.69, 9.17) is 4.74 Å². The molecule has 0 bridgehead atoms. The summed E-state index contributed by atoms with van der Waals surface area (Å²) >= 11 is 0. The standard InChI is InChI=1S/C13H20F2N2O/c1-16-11(8-17(2)9-13(14)15)10-6-4-5-7-12(10)18-3/h4-7,11,13,16H,8-9H2,1-3H3. The van der Waals surface area contributed by atoms with Crippen molar-refractivity contribution in [3.63, 3.8) is 0 Å². The monoisotopic (exact) mass is 258 g/mol. The van der Waals surface area contributed by atoms with Crippen LogP contribution in [0.2, 0.25) is 0 Å².